The van der Waals surface area contributed by atoms with Crippen LogP contribution in [0.3, 0.4) is 0 Å². The smallest absolute Gasteiger partial charge is 0.256 e. The molecule has 0 unspecified atom stereocenters. The lowest BCUT2D eigenvalue weighted by molar-refractivity contribution is 0.0670. The molecule has 0 atom stereocenters. The zero-order valence-electron chi connectivity index (χ0n) is 13.4. The van der Waals surface area contributed by atoms with E-state index in [1.54, 1.807) is 12.3 Å². The summed E-state index contributed by atoms with van der Waals surface area (Å²) in [5, 5.41) is 0. The Labute approximate surface area is 127 Å². The van der Waals surface area contributed by atoms with Crippen molar-refractivity contribution in [3.8, 4) is 0 Å². The zero-order valence-corrected chi connectivity index (χ0v) is 13.4. The molecule has 4 heteroatoms. The predicted molar refractivity (Wildman–Crippen MR) is 86.1 cm³/mol. The molecular formula is C17H27N3O. The third-order valence-corrected chi connectivity index (χ3v) is 4.31. The molecule has 0 spiro atoms. The highest BCUT2D eigenvalue weighted by Gasteiger charge is 2.28. The summed E-state index contributed by atoms with van der Waals surface area (Å²) in [6.07, 6.45) is 7.35. The summed E-state index contributed by atoms with van der Waals surface area (Å²) >= 11 is 0. The molecule has 2 rings (SSSR count). The van der Waals surface area contributed by atoms with Gasteiger partial charge in [-0.15, -0.1) is 0 Å². The molecule has 1 amide bonds. The van der Waals surface area contributed by atoms with Crippen molar-refractivity contribution in [3.63, 3.8) is 0 Å². The van der Waals surface area contributed by atoms with Crippen LogP contribution in [0.1, 0.15) is 62.0 Å². The summed E-state index contributed by atoms with van der Waals surface area (Å²) < 4.78 is 0. The van der Waals surface area contributed by atoms with Crippen LogP contribution in [0.25, 0.3) is 0 Å². The van der Waals surface area contributed by atoms with Gasteiger partial charge in [0.2, 0.25) is 0 Å². The molecule has 0 aliphatic heterocycles. The minimum absolute atomic E-state index is 0.0971. The van der Waals surface area contributed by atoms with Crippen LogP contribution in [-0.4, -0.2) is 28.4 Å². The van der Waals surface area contributed by atoms with Gasteiger partial charge < -0.3 is 10.6 Å². The number of carbonyl (C=O) groups is 1. The lowest BCUT2D eigenvalue weighted by Crippen LogP contribution is -2.40. The van der Waals surface area contributed by atoms with Crippen molar-refractivity contribution >= 4 is 11.6 Å². The Morgan fingerprint density at radius 2 is 2.10 bits per heavy atom. The van der Waals surface area contributed by atoms with E-state index in [0.29, 0.717) is 23.2 Å². The monoisotopic (exact) mass is 289 g/mol. The van der Waals surface area contributed by atoms with Gasteiger partial charge in [0.1, 0.15) is 0 Å². The summed E-state index contributed by atoms with van der Waals surface area (Å²) in [5.41, 5.74) is 7.79. The minimum atomic E-state index is 0.0971. The fraction of sp³-hybridized carbons (Fsp3) is 0.647. The summed E-state index contributed by atoms with van der Waals surface area (Å²) in [5.74, 6) is 0.696. The van der Waals surface area contributed by atoms with Crippen LogP contribution >= 0.6 is 0 Å². The summed E-state index contributed by atoms with van der Waals surface area (Å²) in [6, 6.07) is 2.15. The molecule has 1 heterocycles. The Morgan fingerprint density at radius 1 is 1.43 bits per heavy atom. The number of hydrogen-bond donors (Lipinski definition) is 1. The van der Waals surface area contributed by atoms with E-state index >= 15 is 0 Å². The summed E-state index contributed by atoms with van der Waals surface area (Å²) in [4.78, 5) is 19.2. The van der Waals surface area contributed by atoms with E-state index < -0.39 is 0 Å². The van der Waals surface area contributed by atoms with Gasteiger partial charge in [0.15, 0.2) is 0 Å². The predicted octanol–water partition coefficient (Wildman–Crippen LogP) is 3.40. The summed E-state index contributed by atoms with van der Waals surface area (Å²) in [6.45, 7) is 7.10. The maximum absolute atomic E-state index is 12.9. The van der Waals surface area contributed by atoms with E-state index in [4.69, 9.17) is 5.73 Å². The Hall–Kier alpha value is -1.58. The third-order valence-electron chi connectivity index (χ3n) is 4.31. The van der Waals surface area contributed by atoms with Gasteiger partial charge in [-0.05, 0) is 38.2 Å². The molecule has 1 aliphatic rings. The van der Waals surface area contributed by atoms with Crippen LogP contribution in [0.15, 0.2) is 12.3 Å². The molecule has 1 saturated carbocycles. The molecule has 4 nitrogen and oxygen atoms in total. The van der Waals surface area contributed by atoms with Crippen molar-refractivity contribution in [1.82, 2.24) is 9.88 Å². The number of carbonyl (C=O) groups excluding carboxylic acids is 1. The van der Waals surface area contributed by atoms with Gasteiger partial charge in [0.25, 0.3) is 5.91 Å². The maximum Gasteiger partial charge on any atom is 0.256 e. The zero-order chi connectivity index (χ0) is 15.4. The second kappa shape index (κ2) is 6.92. The Kier molecular flexibility index (Phi) is 5.21. The largest absolute Gasteiger partial charge is 0.397 e. The number of amides is 1. The van der Waals surface area contributed by atoms with E-state index in [9.17, 15) is 4.79 Å². The first-order chi connectivity index (χ1) is 9.99. The van der Waals surface area contributed by atoms with E-state index in [0.717, 1.165) is 31.5 Å². The summed E-state index contributed by atoms with van der Waals surface area (Å²) in [7, 11) is 0. The van der Waals surface area contributed by atoms with Crippen molar-refractivity contribution < 1.29 is 4.79 Å². The number of aromatic nitrogens is 1. The number of pyridine rings is 1. The van der Waals surface area contributed by atoms with Crippen LogP contribution in [0.4, 0.5) is 5.69 Å². The van der Waals surface area contributed by atoms with Crippen LogP contribution in [0, 0.1) is 12.8 Å². The highest BCUT2D eigenvalue weighted by atomic mass is 16.2. The second-order valence-electron chi connectivity index (χ2n) is 6.52. The van der Waals surface area contributed by atoms with Gasteiger partial charge >= 0.3 is 0 Å². The molecular weight excluding hydrogens is 262 g/mol. The van der Waals surface area contributed by atoms with E-state index in [-0.39, 0.29) is 5.91 Å². The molecule has 0 aromatic carbocycles. The first-order valence-electron chi connectivity index (χ1n) is 8.02. The SMILES string of the molecule is Cc1ncc(N)cc1C(=O)N(CCC(C)C)C1CCCC1. The second-order valence-corrected chi connectivity index (χ2v) is 6.52. The van der Waals surface area contributed by atoms with Crippen LogP contribution < -0.4 is 5.73 Å². The molecule has 1 fully saturated rings. The molecule has 0 radical (unpaired) electrons. The Bertz CT molecular complexity index is 493. The van der Waals surface area contributed by atoms with E-state index in [1.807, 2.05) is 6.92 Å². The lowest BCUT2D eigenvalue weighted by Gasteiger charge is -2.30. The van der Waals surface area contributed by atoms with Crippen molar-refractivity contribution in [2.24, 2.45) is 5.92 Å². The number of nitrogens with zero attached hydrogens (tertiary/aromatic N) is 2. The number of nitrogens with two attached hydrogens (primary N) is 1. The normalized spacial score (nSPS) is 15.6. The lowest BCUT2D eigenvalue weighted by atomic mass is 10.1. The van der Waals surface area contributed by atoms with Crippen LogP contribution in [-0.2, 0) is 0 Å². The van der Waals surface area contributed by atoms with Crippen molar-refractivity contribution in [2.45, 2.75) is 58.9 Å². The fourth-order valence-electron chi connectivity index (χ4n) is 2.98. The van der Waals surface area contributed by atoms with Gasteiger partial charge in [0.05, 0.1) is 23.1 Å². The average molecular weight is 289 g/mol. The number of anilines is 1. The van der Waals surface area contributed by atoms with Gasteiger partial charge in [-0.3, -0.25) is 9.78 Å². The molecule has 0 bridgehead atoms. The Balaban J connectivity index is 2.21. The Morgan fingerprint density at radius 3 is 2.71 bits per heavy atom. The number of hydrogen-bond acceptors (Lipinski definition) is 3. The van der Waals surface area contributed by atoms with Gasteiger partial charge in [-0.2, -0.15) is 0 Å². The standard InChI is InChI=1S/C17H27N3O/c1-12(2)8-9-20(15-6-4-5-7-15)17(21)16-10-14(18)11-19-13(16)3/h10-12,15H,4-9,18H2,1-3H3. The van der Waals surface area contributed by atoms with Gasteiger partial charge in [0, 0.05) is 12.6 Å². The van der Waals surface area contributed by atoms with Crippen LogP contribution in [0.2, 0.25) is 0 Å². The molecule has 2 N–H and O–H groups in total. The van der Waals surface area contributed by atoms with E-state index in [1.165, 1.54) is 12.8 Å². The topological polar surface area (TPSA) is 59.2 Å². The first-order valence-corrected chi connectivity index (χ1v) is 8.02. The third kappa shape index (κ3) is 3.96. The van der Waals surface area contributed by atoms with Gasteiger partial charge in [-0.25, -0.2) is 0 Å². The molecule has 1 aromatic heterocycles. The quantitative estimate of drug-likeness (QED) is 0.903. The number of rotatable bonds is 5. The van der Waals surface area contributed by atoms with E-state index in [2.05, 4.69) is 23.7 Å². The number of aryl methyl sites for hydroxylation is 1. The maximum atomic E-state index is 12.9. The van der Waals surface area contributed by atoms with Gasteiger partial charge in [-0.1, -0.05) is 26.7 Å². The molecule has 1 aliphatic carbocycles. The fourth-order valence-corrected chi connectivity index (χ4v) is 2.98. The first kappa shape index (κ1) is 15.8. The van der Waals surface area contributed by atoms with Crippen molar-refractivity contribution in [2.75, 3.05) is 12.3 Å². The van der Waals surface area contributed by atoms with Crippen molar-refractivity contribution in [3.05, 3.63) is 23.5 Å². The molecule has 116 valence electrons. The molecule has 21 heavy (non-hydrogen) atoms. The average Bonchev–Trinajstić information content (AvgIpc) is 2.95. The molecule has 1 aromatic rings. The highest BCUT2D eigenvalue weighted by Crippen LogP contribution is 2.26. The van der Waals surface area contributed by atoms with Crippen molar-refractivity contribution in [1.29, 1.82) is 0 Å². The van der Waals surface area contributed by atoms with Crippen LogP contribution in [0.5, 0.6) is 0 Å². The minimum Gasteiger partial charge on any atom is -0.397 e. The molecule has 0 saturated heterocycles. The highest BCUT2D eigenvalue weighted by molar-refractivity contribution is 5.96. The number of nitrogen functional groups attached to an aromatic ring is 1.